The third kappa shape index (κ3) is 2.70. The Morgan fingerprint density at radius 3 is 2.79 bits per heavy atom. The van der Waals surface area contributed by atoms with E-state index in [1.54, 1.807) is 17.4 Å². The number of halogens is 1. The lowest BCUT2D eigenvalue weighted by Crippen LogP contribution is -2.07. The Morgan fingerprint density at radius 2 is 2.00 bits per heavy atom. The lowest BCUT2D eigenvalue weighted by Gasteiger charge is -2.14. The number of pyridine rings is 1. The number of hydrogen-bond acceptors (Lipinski definition) is 3. The molecule has 0 atom stereocenters. The van der Waals surface area contributed by atoms with Crippen LogP contribution >= 0.6 is 11.3 Å². The predicted octanol–water partition coefficient (Wildman–Crippen LogP) is 5.96. The fraction of sp³-hybridized carbons (Fsp3) is 0.130. The van der Waals surface area contributed by atoms with Crippen LogP contribution in [0, 0.1) is 5.82 Å². The number of rotatable bonds is 2. The number of carboxylic acids is 1. The van der Waals surface area contributed by atoms with Gasteiger partial charge in [0.05, 0.1) is 16.8 Å². The van der Waals surface area contributed by atoms with Crippen molar-refractivity contribution in [2.24, 2.45) is 0 Å². The number of nitrogens with zero attached hydrogens (tertiary/aromatic N) is 1. The van der Waals surface area contributed by atoms with Crippen molar-refractivity contribution in [3.05, 3.63) is 76.4 Å². The van der Waals surface area contributed by atoms with Gasteiger partial charge in [0.15, 0.2) is 0 Å². The van der Waals surface area contributed by atoms with Crippen molar-refractivity contribution in [3.8, 4) is 21.7 Å². The summed E-state index contributed by atoms with van der Waals surface area (Å²) in [5, 5.41) is 12.3. The van der Waals surface area contributed by atoms with Crippen LogP contribution in [0.5, 0.6) is 0 Å². The van der Waals surface area contributed by atoms with Gasteiger partial charge < -0.3 is 5.11 Å². The quantitative estimate of drug-likeness (QED) is 0.460. The molecule has 3 nitrogen and oxygen atoms in total. The molecule has 1 N–H and O–H groups in total. The molecule has 0 unspecified atom stereocenters. The normalized spacial score (nSPS) is 13.0. The highest BCUT2D eigenvalue weighted by molar-refractivity contribution is 7.13. The third-order valence-electron chi connectivity index (χ3n) is 5.30. The molecule has 0 saturated heterocycles. The smallest absolute Gasteiger partial charge is 0.336 e. The molecule has 5 rings (SSSR count). The van der Waals surface area contributed by atoms with Crippen LogP contribution in [0.4, 0.5) is 4.39 Å². The van der Waals surface area contributed by atoms with E-state index in [0.29, 0.717) is 28.6 Å². The van der Waals surface area contributed by atoms with Gasteiger partial charge in [0.2, 0.25) is 0 Å². The van der Waals surface area contributed by atoms with Crippen LogP contribution in [0.3, 0.4) is 0 Å². The van der Waals surface area contributed by atoms with Crippen molar-refractivity contribution >= 4 is 28.2 Å². The standard InChI is InChI=1S/C23H16FNO2S/c24-15-7-9-19-18(12-15)21(23(26)27)17-4-1-3-13-11-14(20-5-2-10-28-20)6-8-16(13)22(17)25-19/h2,5-12H,1,3-4H2,(H,26,27). The van der Waals surface area contributed by atoms with Gasteiger partial charge >= 0.3 is 5.97 Å². The Balaban J connectivity index is 1.79. The Hall–Kier alpha value is -3.05. The van der Waals surface area contributed by atoms with Gasteiger partial charge in [0, 0.05) is 15.8 Å². The maximum atomic E-state index is 13.8. The molecular weight excluding hydrogens is 373 g/mol. The highest BCUT2D eigenvalue weighted by atomic mass is 32.1. The van der Waals surface area contributed by atoms with E-state index >= 15 is 0 Å². The maximum absolute atomic E-state index is 13.8. The summed E-state index contributed by atoms with van der Waals surface area (Å²) in [5.74, 6) is -1.49. The molecule has 2 aromatic heterocycles. The van der Waals surface area contributed by atoms with Crippen LogP contribution in [0.15, 0.2) is 53.9 Å². The summed E-state index contributed by atoms with van der Waals surface area (Å²) in [4.78, 5) is 18.1. The summed E-state index contributed by atoms with van der Waals surface area (Å²) in [6, 6.07) is 14.6. The second-order valence-electron chi connectivity index (χ2n) is 6.98. The van der Waals surface area contributed by atoms with Gasteiger partial charge in [-0.05, 0) is 71.7 Å². The van der Waals surface area contributed by atoms with Crippen molar-refractivity contribution in [2.45, 2.75) is 19.3 Å². The summed E-state index contributed by atoms with van der Waals surface area (Å²) >= 11 is 1.70. The van der Waals surface area contributed by atoms with Crippen molar-refractivity contribution in [3.63, 3.8) is 0 Å². The first-order chi connectivity index (χ1) is 13.6. The van der Waals surface area contributed by atoms with E-state index in [1.807, 2.05) is 12.1 Å². The molecule has 0 radical (unpaired) electrons. The number of thiophene rings is 1. The number of aryl methyl sites for hydroxylation is 1. The summed E-state index contributed by atoms with van der Waals surface area (Å²) in [6.45, 7) is 0. The van der Waals surface area contributed by atoms with Gasteiger partial charge in [-0.15, -0.1) is 11.3 Å². The maximum Gasteiger partial charge on any atom is 0.336 e. The van der Waals surface area contributed by atoms with Gasteiger partial charge in [0.1, 0.15) is 5.82 Å². The van der Waals surface area contributed by atoms with Gasteiger partial charge in [-0.1, -0.05) is 18.2 Å². The fourth-order valence-corrected chi connectivity index (χ4v) is 4.79. The van der Waals surface area contributed by atoms with Crippen molar-refractivity contribution in [1.29, 1.82) is 0 Å². The molecule has 2 aromatic carbocycles. The van der Waals surface area contributed by atoms with E-state index in [4.69, 9.17) is 4.98 Å². The predicted molar refractivity (Wildman–Crippen MR) is 109 cm³/mol. The molecule has 138 valence electrons. The van der Waals surface area contributed by atoms with Crippen LogP contribution in [0.2, 0.25) is 0 Å². The summed E-state index contributed by atoms with van der Waals surface area (Å²) < 4.78 is 13.8. The zero-order valence-electron chi connectivity index (χ0n) is 14.9. The number of carbonyl (C=O) groups is 1. The molecule has 0 amide bonds. The second kappa shape index (κ2) is 6.53. The monoisotopic (exact) mass is 389 g/mol. The van der Waals surface area contributed by atoms with Crippen molar-refractivity contribution in [1.82, 2.24) is 4.98 Å². The SMILES string of the molecule is O=C(O)c1c2c(nc3ccc(F)cc13)-c1ccc(-c3cccs3)cc1CCC2. The molecular formula is C23H16FNO2S. The van der Waals surface area contributed by atoms with Crippen LogP contribution in [0.25, 0.3) is 32.6 Å². The molecule has 0 aliphatic heterocycles. The summed E-state index contributed by atoms with van der Waals surface area (Å²) in [5.41, 5.74) is 5.41. The number of carboxylic acid groups (broad SMARTS) is 1. The van der Waals surface area contributed by atoms with E-state index in [0.717, 1.165) is 18.4 Å². The summed E-state index contributed by atoms with van der Waals surface area (Å²) in [7, 11) is 0. The molecule has 0 bridgehead atoms. The van der Waals surface area contributed by atoms with E-state index in [9.17, 15) is 14.3 Å². The highest BCUT2D eigenvalue weighted by Crippen LogP contribution is 2.38. The fourth-order valence-electron chi connectivity index (χ4n) is 4.07. The Kier molecular flexibility index (Phi) is 3.98. The average molecular weight is 389 g/mol. The largest absolute Gasteiger partial charge is 0.478 e. The zero-order valence-corrected chi connectivity index (χ0v) is 15.7. The molecule has 28 heavy (non-hydrogen) atoms. The average Bonchev–Trinajstić information content (AvgIpc) is 3.16. The van der Waals surface area contributed by atoms with E-state index in [2.05, 4.69) is 23.6 Å². The Morgan fingerprint density at radius 1 is 1.11 bits per heavy atom. The first-order valence-electron chi connectivity index (χ1n) is 9.14. The molecule has 0 saturated carbocycles. The van der Waals surface area contributed by atoms with Gasteiger partial charge in [-0.3, -0.25) is 0 Å². The van der Waals surface area contributed by atoms with Crippen LogP contribution in [-0.2, 0) is 12.8 Å². The minimum atomic E-state index is -1.03. The van der Waals surface area contributed by atoms with Crippen LogP contribution < -0.4 is 0 Å². The Bertz CT molecular complexity index is 1230. The third-order valence-corrected chi connectivity index (χ3v) is 6.22. The molecule has 4 aromatic rings. The van der Waals surface area contributed by atoms with Crippen molar-refractivity contribution < 1.29 is 14.3 Å². The van der Waals surface area contributed by atoms with E-state index < -0.39 is 11.8 Å². The number of aromatic carboxylic acids is 1. The number of fused-ring (bicyclic) bond motifs is 4. The molecule has 0 fully saturated rings. The molecule has 1 aliphatic carbocycles. The first kappa shape index (κ1) is 17.1. The highest BCUT2D eigenvalue weighted by Gasteiger charge is 2.25. The first-order valence-corrected chi connectivity index (χ1v) is 10.0. The molecule has 0 spiro atoms. The zero-order chi connectivity index (χ0) is 19.3. The molecule has 2 heterocycles. The van der Waals surface area contributed by atoms with Gasteiger partial charge in [-0.2, -0.15) is 0 Å². The van der Waals surface area contributed by atoms with Gasteiger partial charge in [-0.25, -0.2) is 14.2 Å². The van der Waals surface area contributed by atoms with Crippen molar-refractivity contribution in [2.75, 3.05) is 0 Å². The number of hydrogen-bond donors (Lipinski definition) is 1. The number of aromatic nitrogens is 1. The van der Waals surface area contributed by atoms with E-state index in [-0.39, 0.29) is 5.56 Å². The number of benzene rings is 2. The Labute approximate surface area is 165 Å². The minimum Gasteiger partial charge on any atom is -0.478 e. The molecule has 1 aliphatic rings. The lowest BCUT2D eigenvalue weighted by molar-refractivity contribution is 0.0698. The van der Waals surface area contributed by atoms with Gasteiger partial charge in [0.25, 0.3) is 0 Å². The minimum absolute atomic E-state index is 0.176. The summed E-state index contributed by atoms with van der Waals surface area (Å²) in [6.07, 6.45) is 2.30. The molecule has 5 heteroatoms. The lowest BCUT2D eigenvalue weighted by atomic mass is 9.94. The second-order valence-corrected chi connectivity index (χ2v) is 7.93. The van der Waals surface area contributed by atoms with Crippen LogP contribution in [-0.4, -0.2) is 16.1 Å². The topological polar surface area (TPSA) is 50.2 Å². The van der Waals surface area contributed by atoms with E-state index in [1.165, 1.54) is 28.1 Å². The van der Waals surface area contributed by atoms with Crippen LogP contribution in [0.1, 0.15) is 27.9 Å².